The second-order valence-corrected chi connectivity index (χ2v) is 7.93. The van der Waals surface area contributed by atoms with E-state index >= 15 is 0 Å². The second kappa shape index (κ2) is 7.32. The van der Waals surface area contributed by atoms with Gasteiger partial charge in [0.1, 0.15) is 0 Å². The van der Waals surface area contributed by atoms with Crippen LogP contribution in [-0.4, -0.2) is 60.0 Å². The summed E-state index contributed by atoms with van der Waals surface area (Å²) in [4.78, 5) is 14.1. The lowest BCUT2D eigenvalue weighted by Gasteiger charge is -2.41. The predicted octanol–water partition coefficient (Wildman–Crippen LogP) is 2.27. The number of aryl methyl sites for hydroxylation is 1. The van der Waals surface area contributed by atoms with Crippen molar-refractivity contribution in [3.8, 4) is 0 Å². The fourth-order valence-electron chi connectivity index (χ4n) is 5.12. The first-order valence-corrected chi connectivity index (χ1v) is 9.84. The van der Waals surface area contributed by atoms with E-state index < -0.39 is 0 Å². The molecule has 1 aromatic rings. The van der Waals surface area contributed by atoms with Crippen LogP contribution in [-0.2, 0) is 6.54 Å². The van der Waals surface area contributed by atoms with Gasteiger partial charge in [0.15, 0.2) is 5.96 Å². The van der Waals surface area contributed by atoms with Crippen LogP contribution in [0.1, 0.15) is 36.9 Å². The Hall–Kier alpha value is -1.62. The van der Waals surface area contributed by atoms with E-state index in [1.165, 1.54) is 44.3 Å². The Bertz CT molecular complexity index is 620. The molecule has 1 aliphatic heterocycles. The third-order valence-corrected chi connectivity index (χ3v) is 6.53. The molecule has 3 atom stereocenters. The van der Waals surface area contributed by atoms with E-state index in [1.807, 2.05) is 19.3 Å². The summed E-state index contributed by atoms with van der Waals surface area (Å²) in [5.74, 6) is 3.03. The second-order valence-electron chi connectivity index (χ2n) is 7.93. The van der Waals surface area contributed by atoms with Gasteiger partial charge in [-0.2, -0.15) is 0 Å². The molecule has 1 N–H and O–H groups in total. The summed E-state index contributed by atoms with van der Waals surface area (Å²) in [5.41, 5.74) is 2.33. The van der Waals surface area contributed by atoms with Crippen LogP contribution in [0.4, 0.5) is 0 Å². The maximum Gasteiger partial charge on any atom is 0.194 e. The number of rotatable bonds is 3. The first-order valence-electron chi connectivity index (χ1n) is 9.84. The van der Waals surface area contributed by atoms with Gasteiger partial charge in [-0.3, -0.25) is 14.9 Å². The lowest BCUT2D eigenvalue weighted by atomic mass is 9.93. The summed E-state index contributed by atoms with van der Waals surface area (Å²) in [6.45, 7) is 7.37. The van der Waals surface area contributed by atoms with Crippen molar-refractivity contribution in [2.75, 3.05) is 33.2 Å². The molecule has 0 radical (unpaired) electrons. The van der Waals surface area contributed by atoms with Gasteiger partial charge in [-0.05, 0) is 49.7 Å². The standard InChI is InChI=1S/C20H31N5/c1-15-4-3-7-22-18(15)14-23-20(21-2)25-10-8-24(9-11-25)19-13-16-5-6-17(19)12-16/h3-4,7,16-17,19H,5-6,8-14H2,1-2H3,(H,21,23). The molecule has 1 aromatic heterocycles. The summed E-state index contributed by atoms with van der Waals surface area (Å²) >= 11 is 0. The molecule has 3 fully saturated rings. The highest BCUT2D eigenvalue weighted by atomic mass is 15.4. The van der Waals surface area contributed by atoms with Crippen molar-refractivity contribution in [1.29, 1.82) is 0 Å². The predicted molar refractivity (Wildman–Crippen MR) is 102 cm³/mol. The summed E-state index contributed by atoms with van der Waals surface area (Å²) < 4.78 is 0. The number of pyridine rings is 1. The average molecular weight is 342 g/mol. The van der Waals surface area contributed by atoms with Gasteiger partial charge >= 0.3 is 0 Å². The van der Waals surface area contributed by atoms with E-state index in [4.69, 9.17) is 0 Å². The van der Waals surface area contributed by atoms with Crippen LogP contribution in [0, 0.1) is 18.8 Å². The molecule has 5 nitrogen and oxygen atoms in total. The molecule has 25 heavy (non-hydrogen) atoms. The third-order valence-electron chi connectivity index (χ3n) is 6.53. The molecule has 0 spiro atoms. The van der Waals surface area contributed by atoms with Crippen LogP contribution in [0.25, 0.3) is 0 Å². The van der Waals surface area contributed by atoms with Gasteiger partial charge in [0, 0.05) is 45.5 Å². The van der Waals surface area contributed by atoms with Crippen LogP contribution in [0.15, 0.2) is 23.3 Å². The Morgan fingerprint density at radius 2 is 2.08 bits per heavy atom. The molecule has 1 saturated heterocycles. The van der Waals surface area contributed by atoms with Crippen LogP contribution in [0.3, 0.4) is 0 Å². The highest BCUT2D eigenvalue weighted by Crippen LogP contribution is 2.46. The molecule has 2 aliphatic carbocycles. The number of hydrogen-bond donors (Lipinski definition) is 1. The Labute approximate surface area is 151 Å². The number of guanidine groups is 1. The number of fused-ring (bicyclic) bond motifs is 2. The fourth-order valence-corrected chi connectivity index (χ4v) is 5.12. The normalized spacial score (nSPS) is 30.1. The van der Waals surface area contributed by atoms with E-state index in [0.717, 1.165) is 49.2 Å². The molecule has 4 rings (SSSR count). The van der Waals surface area contributed by atoms with Crippen molar-refractivity contribution in [3.63, 3.8) is 0 Å². The zero-order valence-electron chi connectivity index (χ0n) is 15.6. The highest BCUT2D eigenvalue weighted by Gasteiger charge is 2.42. The lowest BCUT2D eigenvalue weighted by molar-refractivity contribution is 0.0958. The maximum absolute atomic E-state index is 4.50. The zero-order chi connectivity index (χ0) is 17.2. The fraction of sp³-hybridized carbons (Fsp3) is 0.700. The van der Waals surface area contributed by atoms with Crippen LogP contribution < -0.4 is 5.32 Å². The summed E-state index contributed by atoms with van der Waals surface area (Å²) in [7, 11) is 1.88. The number of nitrogens with zero attached hydrogens (tertiary/aromatic N) is 4. The minimum absolute atomic E-state index is 0.742. The van der Waals surface area contributed by atoms with Crippen molar-refractivity contribution >= 4 is 5.96 Å². The van der Waals surface area contributed by atoms with Gasteiger partial charge in [-0.15, -0.1) is 0 Å². The Morgan fingerprint density at radius 1 is 1.24 bits per heavy atom. The van der Waals surface area contributed by atoms with Gasteiger partial charge in [-0.25, -0.2) is 0 Å². The quantitative estimate of drug-likeness (QED) is 0.677. The van der Waals surface area contributed by atoms with Crippen LogP contribution in [0.2, 0.25) is 0 Å². The first kappa shape index (κ1) is 16.8. The molecule has 2 saturated carbocycles. The monoisotopic (exact) mass is 341 g/mol. The molecule has 2 bridgehead atoms. The Morgan fingerprint density at radius 3 is 2.72 bits per heavy atom. The molecule has 3 aliphatic rings. The highest BCUT2D eigenvalue weighted by molar-refractivity contribution is 5.80. The molecule has 2 heterocycles. The molecule has 0 aromatic carbocycles. The van der Waals surface area contributed by atoms with E-state index in [-0.39, 0.29) is 0 Å². The van der Waals surface area contributed by atoms with E-state index in [1.54, 1.807) is 0 Å². The summed E-state index contributed by atoms with van der Waals surface area (Å²) in [5, 5.41) is 3.50. The first-order chi connectivity index (χ1) is 12.2. The van der Waals surface area contributed by atoms with E-state index in [9.17, 15) is 0 Å². The topological polar surface area (TPSA) is 43.8 Å². The van der Waals surface area contributed by atoms with Crippen molar-refractivity contribution < 1.29 is 0 Å². The minimum atomic E-state index is 0.742. The molecule has 136 valence electrons. The molecule has 0 amide bonds. The molecular weight excluding hydrogens is 310 g/mol. The van der Waals surface area contributed by atoms with Gasteiger partial charge < -0.3 is 10.2 Å². The van der Waals surface area contributed by atoms with Gasteiger partial charge in [0.05, 0.1) is 12.2 Å². The number of hydrogen-bond acceptors (Lipinski definition) is 3. The molecule has 5 heteroatoms. The Kier molecular flexibility index (Phi) is 4.93. The molecular formula is C20H31N5. The van der Waals surface area contributed by atoms with Gasteiger partial charge in [0.25, 0.3) is 0 Å². The minimum Gasteiger partial charge on any atom is -0.351 e. The van der Waals surface area contributed by atoms with Crippen molar-refractivity contribution in [3.05, 3.63) is 29.6 Å². The van der Waals surface area contributed by atoms with Crippen molar-refractivity contribution in [1.82, 2.24) is 20.1 Å². The van der Waals surface area contributed by atoms with E-state index in [2.05, 4.69) is 38.1 Å². The van der Waals surface area contributed by atoms with Gasteiger partial charge in [-0.1, -0.05) is 12.5 Å². The maximum atomic E-state index is 4.50. The van der Waals surface area contributed by atoms with Gasteiger partial charge in [0.2, 0.25) is 0 Å². The SMILES string of the molecule is CN=C(NCc1ncccc1C)N1CCN(C2CC3CCC2C3)CC1. The summed E-state index contributed by atoms with van der Waals surface area (Å²) in [6.07, 6.45) is 7.78. The number of aromatic nitrogens is 1. The largest absolute Gasteiger partial charge is 0.351 e. The zero-order valence-corrected chi connectivity index (χ0v) is 15.6. The number of aliphatic imine (C=N–C) groups is 1. The average Bonchev–Trinajstić information content (AvgIpc) is 3.28. The summed E-state index contributed by atoms with van der Waals surface area (Å²) in [6, 6.07) is 4.97. The van der Waals surface area contributed by atoms with Crippen LogP contribution >= 0.6 is 0 Å². The van der Waals surface area contributed by atoms with E-state index in [0.29, 0.717) is 0 Å². The number of nitrogens with one attached hydrogen (secondary N) is 1. The smallest absolute Gasteiger partial charge is 0.194 e. The van der Waals surface area contributed by atoms with Crippen LogP contribution in [0.5, 0.6) is 0 Å². The third kappa shape index (κ3) is 3.52. The lowest BCUT2D eigenvalue weighted by Crippen LogP contribution is -2.55. The number of piperazine rings is 1. The van der Waals surface area contributed by atoms with Crippen molar-refractivity contribution in [2.24, 2.45) is 16.8 Å². The molecule has 3 unspecified atom stereocenters. The Balaban J connectivity index is 1.29. The van der Waals surface area contributed by atoms with Crippen molar-refractivity contribution in [2.45, 2.75) is 45.2 Å².